The predicted octanol–water partition coefficient (Wildman–Crippen LogP) is 6.60. The van der Waals surface area contributed by atoms with Gasteiger partial charge < -0.3 is 19.3 Å². The molecule has 0 aromatic heterocycles. The van der Waals surface area contributed by atoms with Gasteiger partial charge in [0.05, 0.1) is 0 Å². The van der Waals surface area contributed by atoms with Gasteiger partial charge in [-0.2, -0.15) is 0 Å². The molecule has 2 atom stereocenters. The van der Waals surface area contributed by atoms with Gasteiger partial charge in [0.25, 0.3) is 11.8 Å². The molecule has 4 rings (SSSR count). The Balaban J connectivity index is 1.55. The fraction of sp³-hybridized carbons (Fsp3) is 0.235. The number of hydrogen-bond donors (Lipinski definition) is 0. The molecule has 0 aliphatic carbocycles. The first kappa shape index (κ1) is 28.4. The largest absolute Gasteiger partial charge is 0.481 e. The monoisotopic (exact) mass is 536 g/mol. The van der Waals surface area contributed by atoms with E-state index < -0.39 is 12.2 Å². The molecule has 40 heavy (non-hydrogen) atoms. The molecule has 0 fully saturated rings. The average molecular weight is 537 g/mol. The van der Waals surface area contributed by atoms with Gasteiger partial charge in [0.15, 0.2) is 12.2 Å². The lowest BCUT2D eigenvalue weighted by Gasteiger charge is -2.31. The number of rotatable bonds is 11. The summed E-state index contributed by atoms with van der Waals surface area (Å²) in [4.78, 5) is 30.8. The number of para-hydroxylation sites is 2. The van der Waals surface area contributed by atoms with E-state index in [4.69, 9.17) is 9.47 Å². The van der Waals surface area contributed by atoms with Crippen molar-refractivity contribution in [2.24, 2.45) is 0 Å². The lowest BCUT2D eigenvalue weighted by atomic mass is 10.2. The Kier molecular flexibility index (Phi) is 9.57. The highest BCUT2D eigenvalue weighted by atomic mass is 16.5. The minimum atomic E-state index is -0.730. The van der Waals surface area contributed by atoms with Crippen molar-refractivity contribution in [2.45, 2.75) is 39.9 Å². The Hall–Kier alpha value is -4.58. The average Bonchev–Trinajstić information content (AvgIpc) is 2.96. The molecule has 2 amide bonds. The van der Waals surface area contributed by atoms with Gasteiger partial charge in [0.2, 0.25) is 0 Å². The number of hydrogen-bond acceptors (Lipinski definition) is 4. The summed E-state index contributed by atoms with van der Waals surface area (Å²) < 4.78 is 12.0. The quantitative estimate of drug-likeness (QED) is 0.217. The van der Waals surface area contributed by atoms with Crippen LogP contribution in [0.1, 0.15) is 25.0 Å². The first-order chi connectivity index (χ1) is 19.3. The van der Waals surface area contributed by atoms with Crippen LogP contribution in [0.3, 0.4) is 0 Å². The summed E-state index contributed by atoms with van der Waals surface area (Å²) in [6.45, 7) is 7.99. The minimum absolute atomic E-state index is 0.197. The fourth-order valence-corrected chi connectivity index (χ4v) is 4.47. The van der Waals surface area contributed by atoms with Crippen LogP contribution in [0.2, 0.25) is 0 Å². The third-order valence-corrected chi connectivity index (χ3v) is 6.52. The maximum Gasteiger partial charge on any atom is 0.267 e. The van der Waals surface area contributed by atoms with Crippen LogP contribution in [0.15, 0.2) is 109 Å². The van der Waals surface area contributed by atoms with Gasteiger partial charge in [0, 0.05) is 24.5 Å². The molecule has 4 aromatic rings. The number of amides is 2. The van der Waals surface area contributed by atoms with Crippen LogP contribution in [0.4, 0.5) is 11.4 Å². The van der Waals surface area contributed by atoms with Crippen molar-refractivity contribution in [1.29, 1.82) is 0 Å². The molecular formula is C34H36N2O4. The Labute approximate surface area is 236 Å². The molecule has 6 nitrogen and oxygen atoms in total. The van der Waals surface area contributed by atoms with Gasteiger partial charge >= 0.3 is 0 Å². The van der Waals surface area contributed by atoms with E-state index in [-0.39, 0.29) is 24.9 Å². The second-order valence-electron chi connectivity index (χ2n) is 9.80. The maximum absolute atomic E-state index is 13.7. The SMILES string of the molecule is Cc1cccc(OC(C)C(=O)N(CCN(C(=O)C(C)Oc2cccc(C)c2)c2ccccc2)c2ccccc2)c1. The Bertz CT molecular complexity index is 1300. The van der Waals surface area contributed by atoms with E-state index in [1.54, 1.807) is 23.6 Å². The first-order valence-electron chi connectivity index (χ1n) is 13.5. The zero-order valence-corrected chi connectivity index (χ0v) is 23.5. The lowest BCUT2D eigenvalue weighted by molar-refractivity contribution is -0.126. The molecule has 0 heterocycles. The van der Waals surface area contributed by atoms with E-state index in [0.717, 1.165) is 22.5 Å². The van der Waals surface area contributed by atoms with Crippen molar-refractivity contribution < 1.29 is 19.1 Å². The summed E-state index contributed by atoms with van der Waals surface area (Å²) in [5.41, 5.74) is 3.57. The van der Waals surface area contributed by atoms with E-state index >= 15 is 0 Å². The van der Waals surface area contributed by atoms with E-state index in [0.29, 0.717) is 11.5 Å². The van der Waals surface area contributed by atoms with Crippen LogP contribution in [0.5, 0.6) is 11.5 Å². The summed E-state index contributed by atoms with van der Waals surface area (Å²) in [6.07, 6.45) is -1.46. The van der Waals surface area contributed by atoms with Gasteiger partial charge in [-0.25, -0.2) is 0 Å². The molecular weight excluding hydrogens is 500 g/mol. The summed E-state index contributed by atoms with van der Waals surface area (Å²) in [5.74, 6) is 0.878. The maximum atomic E-state index is 13.7. The first-order valence-corrected chi connectivity index (χ1v) is 13.5. The molecule has 0 spiro atoms. The summed E-state index contributed by atoms with van der Waals surface area (Å²) in [7, 11) is 0. The number of anilines is 2. The molecule has 0 saturated heterocycles. The van der Waals surface area contributed by atoms with Crippen molar-refractivity contribution in [3.63, 3.8) is 0 Å². The van der Waals surface area contributed by atoms with Gasteiger partial charge in [-0.05, 0) is 87.4 Å². The molecule has 6 heteroatoms. The highest BCUT2D eigenvalue weighted by molar-refractivity contribution is 5.98. The van der Waals surface area contributed by atoms with Crippen LogP contribution in [-0.4, -0.2) is 37.1 Å². The van der Waals surface area contributed by atoms with Crippen molar-refractivity contribution in [2.75, 3.05) is 22.9 Å². The third kappa shape index (κ3) is 7.50. The highest BCUT2D eigenvalue weighted by Crippen LogP contribution is 2.22. The van der Waals surface area contributed by atoms with Crippen LogP contribution in [-0.2, 0) is 9.59 Å². The standard InChI is InChI=1S/C34H36N2O4/c1-25-13-11-19-31(23-25)39-27(3)33(37)35(29-15-7-5-8-16-29)21-22-36(30-17-9-6-10-18-30)34(38)28(4)40-32-20-12-14-26(2)24-32/h5-20,23-24,27-28H,21-22H2,1-4H3. The van der Waals surface area contributed by atoms with Crippen molar-refractivity contribution in [3.05, 3.63) is 120 Å². The van der Waals surface area contributed by atoms with E-state index in [2.05, 4.69) is 0 Å². The van der Waals surface area contributed by atoms with Gasteiger partial charge in [-0.1, -0.05) is 60.7 Å². The van der Waals surface area contributed by atoms with Crippen molar-refractivity contribution in [1.82, 2.24) is 0 Å². The van der Waals surface area contributed by atoms with E-state index in [1.807, 2.05) is 123 Å². The lowest BCUT2D eigenvalue weighted by Crippen LogP contribution is -2.48. The second-order valence-corrected chi connectivity index (χ2v) is 9.80. The number of benzene rings is 4. The Morgan fingerprint density at radius 3 is 1.30 bits per heavy atom. The molecule has 0 N–H and O–H groups in total. The second kappa shape index (κ2) is 13.5. The zero-order chi connectivity index (χ0) is 28.5. The number of nitrogens with zero attached hydrogens (tertiary/aromatic N) is 2. The predicted molar refractivity (Wildman–Crippen MR) is 160 cm³/mol. The van der Waals surface area contributed by atoms with Gasteiger partial charge in [0.1, 0.15) is 11.5 Å². The Morgan fingerprint density at radius 2 is 0.950 bits per heavy atom. The van der Waals surface area contributed by atoms with Crippen LogP contribution in [0.25, 0.3) is 0 Å². The van der Waals surface area contributed by atoms with Crippen LogP contribution < -0.4 is 19.3 Å². The summed E-state index contributed by atoms with van der Waals surface area (Å²) >= 11 is 0. The summed E-state index contributed by atoms with van der Waals surface area (Å²) in [6, 6.07) is 34.2. The van der Waals surface area contributed by atoms with Gasteiger partial charge in [-0.15, -0.1) is 0 Å². The highest BCUT2D eigenvalue weighted by Gasteiger charge is 2.28. The number of ether oxygens (including phenoxy) is 2. The normalized spacial score (nSPS) is 12.2. The molecule has 4 aromatic carbocycles. The molecule has 0 radical (unpaired) electrons. The number of aryl methyl sites for hydroxylation is 2. The Morgan fingerprint density at radius 1 is 0.575 bits per heavy atom. The van der Waals surface area contributed by atoms with E-state index in [1.165, 1.54) is 0 Å². The van der Waals surface area contributed by atoms with Crippen LogP contribution in [0, 0.1) is 13.8 Å². The summed E-state index contributed by atoms with van der Waals surface area (Å²) in [5, 5.41) is 0. The molecule has 0 saturated carbocycles. The number of carbonyl (C=O) groups is 2. The third-order valence-electron chi connectivity index (χ3n) is 6.52. The molecule has 0 aliphatic heterocycles. The molecule has 0 aliphatic rings. The van der Waals surface area contributed by atoms with Gasteiger partial charge in [-0.3, -0.25) is 9.59 Å². The smallest absolute Gasteiger partial charge is 0.267 e. The number of carbonyl (C=O) groups excluding carboxylic acids is 2. The van der Waals surface area contributed by atoms with Crippen LogP contribution >= 0.6 is 0 Å². The minimum Gasteiger partial charge on any atom is -0.481 e. The fourth-order valence-electron chi connectivity index (χ4n) is 4.47. The van der Waals surface area contributed by atoms with Crippen molar-refractivity contribution in [3.8, 4) is 11.5 Å². The zero-order valence-electron chi connectivity index (χ0n) is 23.5. The van der Waals surface area contributed by atoms with E-state index in [9.17, 15) is 9.59 Å². The molecule has 2 unspecified atom stereocenters. The van der Waals surface area contributed by atoms with Crippen molar-refractivity contribution >= 4 is 23.2 Å². The molecule has 206 valence electrons. The molecule has 0 bridgehead atoms. The topological polar surface area (TPSA) is 59.1 Å².